The van der Waals surface area contributed by atoms with E-state index in [2.05, 4.69) is 5.10 Å². The highest BCUT2D eigenvalue weighted by atomic mass is 35.5. The highest BCUT2D eigenvalue weighted by Crippen LogP contribution is 2.38. The van der Waals surface area contributed by atoms with Crippen LogP contribution in [0.3, 0.4) is 0 Å². The van der Waals surface area contributed by atoms with Crippen LogP contribution in [0.15, 0.2) is 53.6 Å². The summed E-state index contributed by atoms with van der Waals surface area (Å²) in [5, 5.41) is 7.54. The van der Waals surface area contributed by atoms with E-state index >= 15 is 0 Å². The van der Waals surface area contributed by atoms with E-state index in [1.165, 1.54) is 0 Å². The zero-order valence-electron chi connectivity index (χ0n) is 14.7. The van der Waals surface area contributed by atoms with Gasteiger partial charge in [0.05, 0.1) is 12.3 Å². The van der Waals surface area contributed by atoms with Gasteiger partial charge in [0, 0.05) is 15.7 Å². The molecule has 0 fully saturated rings. The van der Waals surface area contributed by atoms with E-state index in [9.17, 15) is 4.79 Å². The first kappa shape index (κ1) is 18.5. The number of amidine groups is 1. The molecule has 0 aromatic heterocycles. The summed E-state index contributed by atoms with van der Waals surface area (Å²) in [6, 6.07) is 14.6. The first-order valence-electron chi connectivity index (χ1n) is 8.22. The number of carbonyl (C=O) groups excluding carboxylic acids is 1. The quantitative estimate of drug-likeness (QED) is 0.692. The third-order valence-electron chi connectivity index (χ3n) is 4.07. The van der Waals surface area contributed by atoms with Crippen molar-refractivity contribution in [1.29, 1.82) is 0 Å². The predicted molar refractivity (Wildman–Crippen MR) is 106 cm³/mol. The molecule has 0 saturated heterocycles. The second-order valence-corrected chi connectivity index (χ2v) is 7.11. The second-order valence-electron chi connectivity index (χ2n) is 6.24. The summed E-state index contributed by atoms with van der Waals surface area (Å²) in [7, 11) is 0. The molecule has 1 aliphatic heterocycles. The van der Waals surface area contributed by atoms with E-state index in [0.29, 0.717) is 10.0 Å². The first-order valence-corrected chi connectivity index (χ1v) is 8.97. The van der Waals surface area contributed by atoms with Gasteiger partial charge in [0.2, 0.25) is 5.84 Å². The summed E-state index contributed by atoms with van der Waals surface area (Å²) in [4.78, 5) is 14.4. The van der Waals surface area contributed by atoms with Gasteiger partial charge in [0.1, 0.15) is 5.66 Å². The van der Waals surface area contributed by atoms with Crippen molar-refractivity contribution in [2.45, 2.75) is 26.4 Å². The molecule has 0 saturated carbocycles. The molecule has 2 aromatic rings. The smallest absolute Gasteiger partial charge is 0.376 e. The van der Waals surface area contributed by atoms with Gasteiger partial charge in [0.25, 0.3) is 0 Å². The molecule has 1 heterocycles. The molecule has 7 heteroatoms. The molecule has 0 atom stereocenters. The molecule has 0 unspecified atom stereocenters. The first-order chi connectivity index (χ1) is 12.3. The van der Waals surface area contributed by atoms with Crippen LogP contribution >= 0.6 is 23.2 Å². The number of nitrogens with zero attached hydrogens (tertiary/aromatic N) is 3. The van der Waals surface area contributed by atoms with Crippen molar-refractivity contribution in [2.24, 2.45) is 5.10 Å². The molecule has 5 nitrogen and oxygen atoms in total. The Labute approximate surface area is 162 Å². The fourth-order valence-corrected chi connectivity index (χ4v) is 3.26. The lowest BCUT2D eigenvalue weighted by atomic mass is 10.1. The number of hydrogen-bond acceptors (Lipinski definition) is 5. The molecule has 136 valence electrons. The number of anilines is 2. The molecule has 0 aliphatic carbocycles. The minimum Gasteiger partial charge on any atom is -0.460 e. The van der Waals surface area contributed by atoms with Crippen LogP contribution in [0.1, 0.15) is 20.8 Å². The number of halogens is 2. The molecule has 2 aromatic carbocycles. The average molecular weight is 392 g/mol. The van der Waals surface area contributed by atoms with Crippen LogP contribution in [0, 0.1) is 0 Å². The zero-order chi connectivity index (χ0) is 18.9. The SMILES string of the molecule is CCOC(=O)C1=NN(c2cccc(Cl)c2)C(C)(C)N1c1ccc(Cl)cc1. The van der Waals surface area contributed by atoms with E-state index in [4.69, 9.17) is 27.9 Å². The molecule has 0 bridgehead atoms. The standard InChI is InChI=1S/C19H19Cl2N3O2/c1-4-26-18(25)17-22-24(16-7-5-6-14(21)12-16)19(2,3)23(17)15-10-8-13(20)9-11-15/h5-12H,4H2,1-3H3. The fourth-order valence-electron chi connectivity index (χ4n) is 2.95. The van der Waals surface area contributed by atoms with Crippen molar-refractivity contribution in [3.05, 3.63) is 58.6 Å². The van der Waals surface area contributed by atoms with Crippen molar-refractivity contribution < 1.29 is 9.53 Å². The lowest BCUT2D eigenvalue weighted by Gasteiger charge is -2.38. The van der Waals surface area contributed by atoms with Crippen molar-refractivity contribution in [3.63, 3.8) is 0 Å². The van der Waals surface area contributed by atoms with Crippen LogP contribution in [0.2, 0.25) is 10.0 Å². The normalized spacial score (nSPS) is 15.8. The van der Waals surface area contributed by atoms with Crippen LogP contribution in [0.4, 0.5) is 11.4 Å². The Morgan fingerprint density at radius 2 is 1.77 bits per heavy atom. The van der Waals surface area contributed by atoms with Crippen LogP contribution in [0.25, 0.3) is 0 Å². The van der Waals surface area contributed by atoms with E-state index in [1.54, 1.807) is 36.2 Å². The van der Waals surface area contributed by atoms with Crippen LogP contribution in [-0.4, -0.2) is 24.1 Å². The predicted octanol–water partition coefficient (Wildman–Crippen LogP) is 4.93. The minimum atomic E-state index is -0.666. The number of carbonyl (C=O) groups is 1. The van der Waals surface area contributed by atoms with Crippen LogP contribution in [-0.2, 0) is 9.53 Å². The summed E-state index contributed by atoms with van der Waals surface area (Å²) in [6.07, 6.45) is 0. The van der Waals surface area contributed by atoms with Crippen molar-refractivity contribution in [2.75, 3.05) is 16.5 Å². The van der Waals surface area contributed by atoms with E-state index in [1.807, 2.05) is 43.0 Å². The maximum absolute atomic E-state index is 12.6. The van der Waals surface area contributed by atoms with Gasteiger partial charge >= 0.3 is 5.97 Å². The van der Waals surface area contributed by atoms with Crippen molar-refractivity contribution in [3.8, 4) is 0 Å². The highest BCUT2D eigenvalue weighted by molar-refractivity contribution is 6.42. The third-order valence-corrected chi connectivity index (χ3v) is 4.55. The Bertz CT molecular complexity index is 850. The largest absolute Gasteiger partial charge is 0.460 e. The molecule has 0 spiro atoms. The van der Waals surface area contributed by atoms with Gasteiger partial charge in [-0.3, -0.25) is 4.90 Å². The summed E-state index contributed by atoms with van der Waals surface area (Å²) in [6.45, 7) is 5.97. The second kappa shape index (κ2) is 7.17. The van der Waals surface area contributed by atoms with Crippen molar-refractivity contribution >= 4 is 46.4 Å². The Balaban J connectivity index is 2.10. The topological polar surface area (TPSA) is 45.1 Å². The number of esters is 1. The van der Waals surface area contributed by atoms with Crippen molar-refractivity contribution in [1.82, 2.24) is 0 Å². The molecule has 1 aliphatic rings. The van der Waals surface area contributed by atoms with Crippen LogP contribution < -0.4 is 9.91 Å². The molecule has 0 radical (unpaired) electrons. The number of hydrogen-bond donors (Lipinski definition) is 0. The summed E-state index contributed by atoms with van der Waals surface area (Å²) in [5.41, 5.74) is 0.900. The van der Waals surface area contributed by atoms with Crippen LogP contribution in [0.5, 0.6) is 0 Å². The molecule has 0 N–H and O–H groups in total. The van der Waals surface area contributed by atoms with Gasteiger partial charge in [-0.25, -0.2) is 9.80 Å². The highest BCUT2D eigenvalue weighted by Gasteiger charge is 2.46. The number of benzene rings is 2. The zero-order valence-corrected chi connectivity index (χ0v) is 16.3. The number of ether oxygens (including phenoxy) is 1. The lowest BCUT2D eigenvalue weighted by Crippen LogP contribution is -2.53. The van der Waals surface area contributed by atoms with E-state index in [-0.39, 0.29) is 12.4 Å². The number of hydrazone groups is 1. The monoisotopic (exact) mass is 391 g/mol. The summed E-state index contributed by atoms with van der Waals surface area (Å²) >= 11 is 12.2. The van der Waals surface area contributed by atoms with Gasteiger partial charge in [-0.05, 0) is 63.2 Å². The van der Waals surface area contributed by atoms with E-state index in [0.717, 1.165) is 11.4 Å². The summed E-state index contributed by atoms with van der Waals surface area (Å²) < 4.78 is 5.21. The van der Waals surface area contributed by atoms with Gasteiger partial charge in [-0.15, -0.1) is 5.10 Å². The number of rotatable bonds is 4. The Hall–Kier alpha value is -2.24. The van der Waals surface area contributed by atoms with Gasteiger partial charge in [-0.2, -0.15) is 0 Å². The maximum atomic E-state index is 12.6. The van der Waals surface area contributed by atoms with Gasteiger partial charge in [-0.1, -0.05) is 29.3 Å². The third kappa shape index (κ3) is 3.37. The van der Waals surface area contributed by atoms with E-state index < -0.39 is 11.6 Å². The maximum Gasteiger partial charge on any atom is 0.376 e. The summed E-state index contributed by atoms with van der Waals surface area (Å²) in [5.74, 6) is -0.279. The molecule has 3 rings (SSSR count). The Kier molecular flexibility index (Phi) is 5.12. The Morgan fingerprint density at radius 1 is 1.08 bits per heavy atom. The molecule has 0 amide bonds. The molecule has 26 heavy (non-hydrogen) atoms. The molecular formula is C19H19Cl2N3O2. The average Bonchev–Trinajstić information content (AvgIpc) is 2.87. The fraction of sp³-hybridized carbons (Fsp3) is 0.263. The minimum absolute atomic E-state index is 0.208. The molecular weight excluding hydrogens is 373 g/mol. The lowest BCUT2D eigenvalue weighted by molar-refractivity contribution is -0.135. The van der Waals surface area contributed by atoms with Gasteiger partial charge < -0.3 is 4.74 Å². The van der Waals surface area contributed by atoms with Gasteiger partial charge in [0.15, 0.2) is 0 Å². The Morgan fingerprint density at radius 3 is 2.38 bits per heavy atom.